The van der Waals surface area contributed by atoms with Crippen molar-refractivity contribution in [2.45, 2.75) is 26.1 Å². The van der Waals surface area contributed by atoms with Gasteiger partial charge in [0.2, 0.25) is 0 Å². The lowest BCUT2D eigenvalue weighted by atomic mass is 10.1. The predicted octanol–water partition coefficient (Wildman–Crippen LogP) is 2.00. The molecule has 0 bridgehead atoms. The summed E-state index contributed by atoms with van der Waals surface area (Å²) < 4.78 is 21.6. The van der Waals surface area contributed by atoms with Gasteiger partial charge in [-0.2, -0.15) is 0 Å². The van der Waals surface area contributed by atoms with Crippen LogP contribution in [-0.2, 0) is 4.74 Å². The molecule has 0 aromatic heterocycles. The van der Waals surface area contributed by atoms with Crippen molar-refractivity contribution in [1.29, 1.82) is 0 Å². The Morgan fingerprint density at radius 2 is 1.61 bits per heavy atom. The Morgan fingerprint density at radius 3 is 2.04 bits per heavy atom. The molecule has 2 unspecified atom stereocenters. The van der Waals surface area contributed by atoms with Gasteiger partial charge in [0.15, 0.2) is 5.78 Å². The zero-order valence-corrected chi connectivity index (χ0v) is 14.4. The number of hydrogen-bond acceptors (Lipinski definition) is 6. The average Bonchev–Trinajstić information content (AvgIpc) is 2.52. The number of morpholine rings is 1. The molecule has 0 amide bonds. The molecular weight excluding hydrogens is 298 g/mol. The van der Waals surface area contributed by atoms with Gasteiger partial charge in [0, 0.05) is 25.2 Å². The second-order valence-corrected chi connectivity index (χ2v) is 5.78. The second kappa shape index (κ2) is 7.66. The Morgan fingerprint density at radius 1 is 1.09 bits per heavy atom. The lowest BCUT2D eigenvalue weighted by Gasteiger charge is -2.34. The zero-order chi connectivity index (χ0) is 17.0. The summed E-state index contributed by atoms with van der Waals surface area (Å²) in [5.41, 5.74) is 0.447. The highest BCUT2D eigenvalue weighted by atomic mass is 16.5. The largest absolute Gasteiger partial charge is 0.496 e. The number of carbonyl (C=O) groups excluding carboxylic acids is 1. The number of ketones is 1. The van der Waals surface area contributed by atoms with Crippen LogP contribution in [0.25, 0.3) is 0 Å². The van der Waals surface area contributed by atoms with Crippen LogP contribution in [0.5, 0.6) is 17.2 Å². The highest BCUT2D eigenvalue weighted by Crippen LogP contribution is 2.34. The summed E-state index contributed by atoms with van der Waals surface area (Å²) in [7, 11) is 4.62. The number of hydrogen-bond donors (Lipinski definition) is 0. The van der Waals surface area contributed by atoms with Gasteiger partial charge in [-0.1, -0.05) is 0 Å². The van der Waals surface area contributed by atoms with Crippen molar-refractivity contribution in [1.82, 2.24) is 4.90 Å². The molecule has 0 aliphatic carbocycles. The molecule has 0 spiro atoms. The van der Waals surface area contributed by atoms with Crippen LogP contribution in [0.4, 0.5) is 0 Å². The molecule has 6 heteroatoms. The van der Waals surface area contributed by atoms with Crippen LogP contribution in [0, 0.1) is 0 Å². The highest BCUT2D eigenvalue weighted by Gasteiger charge is 2.27. The van der Waals surface area contributed by atoms with Crippen molar-refractivity contribution in [2.24, 2.45) is 0 Å². The van der Waals surface area contributed by atoms with E-state index in [2.05, 4.69) is 4.90 Å². The van der Waals surface area contributed by atoms with E-state index in [1.165, 1.54) is 14.2 Å². The quantitative estimate of drug-likeness (QED) is 0.747. The number of methoxy groups -OCH3 is 3. The summed E-state index contributed by atoms with van der Waals surface area (Å²) in [6.45, 7) is 5.80. The summed E-state index contributed by atoms with van der Waals surface area (Å²) in [4.78, 5) is 14.9. The number of rotatable bonds is 6. The van der Waals surface area contributed by atoms with Gasteiger partial charge in [-0.3, -0.25) is 9.69 Å². The molecular formula is C17H25NO5. The third-order valence-corrected chi connectivity index (χ3v) is 3.86. The standard InChI is InChI=1S/C17H25NO5/c1-11-8-18(9-12(2)23-11)10-14(19)17-15(21-4)6-13(20-3)7-16(17)22-5/h6-7,11-12H,8-10H2,1-5H3. The summed E-state index contributed by atoms with van der Waals surface area (Å²) >= 11 is 0. The van der Waals surface area contributed by atoms with Crippen molar-refractivity contribution in [3.63, 3.8) is 0 Å². The second-order valence-electron chi connectivity index (χ2n) is 5.78. The molecule has 1 aliphatic rings. The normalized spacial score (nSPS) is 21.8. The maximum Gasteiger partial charge on any atom is 0.184 e. The van der Waals surface area contributed by atoms with Gasteiger partial charge in [0.1, 0.15) is 22.8 Å². The Hall–Kier alpha value is -1.79. The predicted molar refractivity (Wildman–Crippen MR) is 86.9 cm³/mol. The van der Waals surface area contributed by atoms with Crippen LogP contribution < -0.4 is 14.2 Å². The molecule has 1 heterocycles. The van der Waals surface area contributed by atoms with Gasteiger partial charge < -0.3 is 18.9 Å². The first-order valence-corrected chi connectivity index (χ1v) is 7.69. The Bertz CT molecular complexity index is 525. The molecule has 0 N–H and O–H groups in total. The molecule has 2 atom stereocenters. The van der Waals surface area contributed by atoms with E-state index < -0.39 is 0 Å². The van der Waals surface area contributed by atoms with Crippen molar-refractivity contribution in [2.75, 3.05) is 41.0 Å². The number of ether oxygens (including phenoxy) is 4. The molecule has 2 rings (SSSR count). The average molecular weight is 323 g/mol. The minimum atomic E-state index is -0.0392. The molecule has 1 saturated heterocycles. The van der Waals surface area contributed by atoms with E-state index in [9.17, 15) is 4.79 Å². The lowest BCUT2D eigenvalue weighted by Crippen LogP contribution is -2.47. The van der Waals surface area contributed by atoms with Crippen molar-refractivity contribution in [3.8, 4) is 17.2 Å². The van der Waals surface area contributed by atoms with E-state index >= 15 is 0 Å². The molecule has 6 nitrogen and oxygen atoms in total. The van der Waals surface area contributed by atoms with E-state index in [-0.39, 0.29) is 18.0 Å². The molecule has 1 aromatic carbocycles. The minimum absolute atomic E-state index is 0.0392. The van der Waals surface area contributed by atoms with Gasteiger partial charge in [-0.25, -0.2) is 0 Å². The SMILES string of the molecule is COc1cc(OC)c(C(=O)CN2CC(C)OC(C)C2)c(OC)c1. The van der Waals surface area contributed by atoms with Gasteiger partial charge in [0.05, 0.1) is 40.1 Å². The molecule has 1 fully saturated rings. The third kappa shape index (κ3) is 4.14. The maximum atomic E-state index is 12.8. The monoisotopic (exact) mass is 323 g/mol. The van der Waals surface area contributed by atoms with Crippen molar-refractivity contribution in [3.05, 3.63) is 17.7 Å². The van der Waals surface area contributed by atoms with E-state index in [1.54, 1.807) is 19.2 Å². The fourth-order valence-corrected chi connectivity index (χ4v) is 2.98. The molecule has 0 saturated carbocycles. The number of benzene rings is 1. The van der Waals surface area contributed by atoms with Gasteiger partial charge in [-0.15, -0.1) is 0 Å². The van der Waals surface area contributed by atoms with Crippen LogP contribution in [-0.4, -0.2) is 63.9 Å². The molecule has 1 aromatic rings. The Labute approximate surface area is 137 Å². The summed E-state index contributed by atoms with van der Waals surface area (Å²) in [5, 5.41) is 0. The molecule has 128 valence electrons. The van der Waals surface area contributed by atoms with Crippen LogP contribution in [0.2, 0.25) is 0 Å². The number of nitrogens with zero attached hydrogens (tertiary/aromatic N) is 1. The van der Waals surface area contributed by atoms with Crippen molar-refractivity contribution < 1.29 is 23.7 Å². The molecule has 0 radical (unpaired) electrons. The van der Waals surface area contributed by atoms with Crippen LogP contribution >= 0.6 is 0 Å². The van der Waals surface area contributed by atoms with Gasteiger partial charge in [-0.05, 0) is 13.8 Å². The zero-order valence-electron chi connectivity index (χ0n) is 14.4. The fourth-order valence-electron chi connectivity index (χ4n) is 2.98. The molecule has 1 aliphatic heterocycles. The first kappa shape index (κ1) is 17.6. The van der Waals surface area contributed by atoms with Crippen LogP contribution in [0.15, 0.2) is 12.1 Å². The summed E-state index contributed by atoms with van der Waals surface area (Å²) in [6.07, 6.45) is 0.234. The van der Waals surface area contributed by atoms with E-state index in [0.29, 0.717) is 29.4 Å². The Balaban J connectivity index is 2.24. The van der Waals surface area contributed by atoms with Gasteiger partial charge >= 0.3 is 0 Å². The van der Waals surface area contributed by atoms with Crippen LogP contribution in [0.3, 0.4) is 0 Å². The lowest BCUT2D eigenvalue weighted by molar-refractivity contribution is -0.0652. The highest BCUT2D eigenvalue weighted by molar-refractivity contribution is 6.03. The summed E-state index contributed by atoms with van der Waals surface area (Å²) in [6, 6.07) is 3.39. The first-order valence-electron chi connectivity index (χ1n) is 7.69. The fraction of sp³-hybridized carbons (Fsp3) is 0.588. The van der Waals surface area contributed by atoms with Gasteiger partial charge in [0.25, 0.3) is 0 Å². The molecule has 23 heavy (non-hydrogen) atoms. The first-order chi connectivity index (χ1) is 11.0. The third-order valence-electron chi connectivity index (χ3n) is 3.86. The van der Waals surface area contributed by atoms with E-state index in [1.807, 2.05) is 13.8 Å². The number of Topliss-reactive ketones (excluding diaryl/α,β-unsaturated/α-hetero) is 1. The topological polar surface area (TPSA) is 57.2 Å². The smallest absolute Gasteiger partial charge is 0.184 e. The van der Waals surface area contributed by atoms with Crippen LogP contribution in [0.1, 0.15) is 24.2 Å². The van der Waals surface area contributed by atoms with E-state index in [4.69, 9.17) is 18.9 Å². The van der Waals surface area contributed by atoms with Crippen molar-refractivity contribution >= 4 is 5.78 Å². The summed E-state index contributed by atoms with van der Waals surface area (Å²) in [5.74, 6) is 1.47. The van der Waals surface area contributed by atoms with E-state index in [0.717, 1.165) is 13.1 Å². The number of carbonyl (C=O) groups is 1. The Kier molecular flexibility index (Phi) is 5.85. The maximum absolute atomic E-state index is 12.8. The minimum Gasteiger partial charge on any atom is -0.496 e.